The van der Waals surface area contributed by atoms with Gasteiger partial charge >= 0.3 is 12.0 Å². The highest BCUT2D eigenvalue weighted by molar-refractivity contribution is 6.30. The van der Waals surface area contributed by atoms with E-state index in [0.29, 0.717) is 17.3 Å². The van der Waals surface area contributed by atoms with E-state index in [1.165, 1.54) is 4.90 Å². The van der Waals surface area contributed by atoms with Gasteiger partial charge in [0.05, 0.1) is 6.61 Å². The van der Waals surface area contributed by atoms with Crippen LogP contribution in [0.3, 0.4) is 0 Å². The van der Waals surface area contributed by atoms with E-state index in [9.17, 15) is 9.59 Å². The Kier molecular flexibility index (Phi) is 6.31. The number of carbonyl (C=O) groups excluding carboxylic acids is 2. The molecule has 0 heterocycles. The predicted octanol–water partition coefficient (Wildman–Crippen LogP) is 3.15. The van der Waals surface area contributed by atoms with Crippen LogP contribution < -0.4 is 5.32 Å². The second kappa shape index (κ2) is 7.75. The van der Waals surface area contributed by atoms with Gasteiger partial charge in [-0.2, -0.15) is 0 Å². The lowest BCUT2D eigenvalue weighted by Crippen LogP contribution is -2.43. The van der Waals surface area contributed by atoms with Gasteiger partial charge in [-0.25, -0.2) is 4.79 Å². The number of amides is 2. The average Bonchev–Trinajstić information content (AvgIpc) is 2.35. The maximum Gasteiger partial charge on any atom is 0.325 e. The molecule has 0 saturated carbocycles. The van der Waals surface area contributed by atoms with Gasteiger partial charge in [-0.15, -0.1) is 0 Å². The number of ether oxygens (including phenoxy) is 1. The minimum atomic E-state index is -0.428. The third-order valence-electron chi connectivity index (χ3n) is 2.56. The molecule has 0 aliphatic carbocycles. The summed E-state index contributed by atoms with van der Waals surface area (Å²) in [5.74, 6) is -0.428. The van der Waals surface area contributed by atoms with Gasteiger partial charge in [0.2, 0.25) is 0 Å². The van der Waals surface area contributed by atoms with Gasteiger partial charge in [-0.1, -0.05) is 17.7 Å². The van der Waals surface area contributed by atoms with Crippen molar-refractivity contribution in [2.75, 3.05) is 18.5 Å². The van der Waals surface area contributed by atoms with Crippen LogP contribution in [-0.2, 0) is 9.53 Å². The number of nitrogens with one attached hydrogen (secondary N) is 1. The molecule has 0 radical (unpaired) electrons. The number of urea groups is 1. The van der Waals surface area contributed by atoms with Crippen LogP contribution in [0.5, 0.6) is 0 Å². The molecule has 1 N–H and O–H groups in total. The van der Waals surface area contributed by atoms with Crippen LogP contribution in [-0.4, -0.2) is 36.1 Å². The third-order valence-corrected chi connectivity index (χ3v) is 2.80. The Labute approximate surface area is 123 Å². The van der Waals surface area contributed by atoms with Gasteiger partial charge in [-0.05, 0) is 39.0 Å². The molecule has 1 aromatic carbocycles. The fraction of sp³-hybridized carbons (Fsp3) is 0.429. The van der Waals surface area contributed by atoms with Crippen molar-refractivity contribution in [3.05, 3.63) is 29.3 Å². The van der Waals surface area contributed by atoms with Crippen molar-refractivity contribution < 1.29 is 14.3 Å². The molecule has 0 bridgehead atoms. The maximum atomic E-state index is 12.2. The Morgan fingerprint density at radius 3 is 2.65 bits per heavy atom. The van der Waals surface area contributed by atoms with Gasteiger partial charge in [-0.3, -0.25) is 4.79 Å². The second-order valence-corrected chi connectivity index (χ2v) is 4.90. The highest BCUT2D eigenvalue weighted by Gasteiger charge is 2.20. The number of halogens is 1. The van der Waals surface area contributed by atoms with E-state index in [1.807, 2.05) is 13.8 Å². The summed E-state index contributed by atoms with van der Waals surface area (Å²) < 4.78 is 4.86. The van der Waals surface area contributed by atoms with Crippen molar-refractivity contribution in [1.82, 2.24) is 4.90 Å². The Balaban J connectivity index is 2.71. The summed E-state index contributed by atoms with van der Waals surface area (Å²) in [6.07, 6.45) is 0. The third kappa shape index (κ3) is 5.09. The van der Waals surface area contributed by atoms with Crippen LogP contribution in [0.15, 0.2) is 24.3 Å². The van der Waals surface area contributed by atoms with E-state index in [2.05, 4.69) is 5.32 Å². The van der Waals surface area contributed by atoms with E-state index < -0.39 is 5.97 Å². The molecule has 0 aromatic heterocycles. The lowest BCUT2D eigenvalue weighted by Gasteiger charge is -2.25. The Bertz CT molecular complexity index is 477. The van der Waals surface area contributed by atoms with E-state index in [1.54, 1.807) is 31.2 Å². The minimum Gasteiger partial charge on any atom is -0.465 e. The van der Waals surface area contributed by atoms with Crippen molar-refractivity contribution in [3.63, 3.8) is 0 Å². The van der Waals surface area contributed by atoms with Crippen LogP contribution >= 0.6 is 11.6 Å². The van der Waals surface area contributed by atoms with Gasteiger partial charge in [0.25, 0.3) is 0 Å². The molecule has 1 rings (SSSR count). The topological polar surface area (TPSA) is 58.6 Å². The molecule has 1 aromatic rings. The fourth-order valence-electron chi connectivity index (χ4n) is 1.60. The quantitative estimate of drug-likeness (QED) is 0.850. The number of carbonyl (C=O) groups is 2. The van der Waals surface area contributed by atoms with E-state index >= 15 is 0 Å². The van der Waals surface area contributed by atoms with Crippen LogP contribution in [0.4, 0.5) is 10.5 Å². The molecule has 0 atom stereocenters. The van der Waals surface area contributed by atoms with Gasteiger partial charge in [0.15, 0.2) is 0 Å². The van der Waals surface area contributed by atoms with Crippen molar-refractivity contribution in [2.45, 2.75) is 26.8 Å². The van der Waals surface area contributed by atoms with E-state index in [-0.39, 0.29) is 18.6 Å². The van der Waals surface area contributed by atoms with Crippen molar-refractivity contribution in [2.24, 2.45) is 0 Å². The van der Waals surface area contributed by atoms with Gasteiger partial charge in [0.1, 0.15) is 6.54 Å². The predicted molar refractivity (Wildman–Crippen MR) is 78.9 cm³/mol. The van der Waals surface area contributed by atoms with Gasteiger partial charge < -0.3 is 15.0 Å². The Morgan fingerprint density at radius 2 is 2.10 bits per heavy atom. The summed E-state index contributed by atoms with van der Waals surface area (Å²) in [4.78, 5) is 25.1. The zero-order valence-electron chi connectivity index (χ0n) is 11.9. The first-order valence-corrected chi connectivity index (χ1v) is 6.80. The Morgan fingerprint density at radius 1 is 1.40 bits per heavy atom. The first-order chi connectivity index (χ1) is 9.43. The molecule has 0 saturated heterocycles. The van der Waals surface area contributed by atoms with E-state index in [4.69, 9.17) is 16.3 Å². The van der Waals surface area contributed by atoms with Crippen LogP contribution in [0.25, 0.3) is 0 Å². The molecule has 0 aliphatic rings. The average molecular weight is 299 g/mol. The number of benzene rings is 1. The number of esters is 1. The summed E-state index contributed by atoms with van der Waals surface area (Å²) >= 11 is 5.86. The lowest BCUT2D eigenvalue weighted by molar-refractivity contribution is -0.144. The molecule has 110 valence electrons. The molecule has 5 nitrogen and oxygen atoms in total. The minimum absolute atomic E-state index is 0.0854. The Hall–Kier alpha value is -1.75. The lowest BCUT2D eigenvalue weighted by atomic mass is 10.3. The standard InChI is InChI=1S/C14H19ClN2O3/c1-4-20-13(18)9-17(10(2)3)14(19)16-12-7-5-6-11(15)8-12/h5-8,10H,4,9H2,1-3H3,(H,16,19). The fourth-order valence-corrected chi connectivity index (χ4v) is 1.79. The molecule has 0 spiro atoms. The largest absolute Gasteiger partial charge is 0.465 e. The molecule has 6 heteroatoms. The van der Waals surface area contributed by atoms with E-state index in [0.717, 1.165) is 0 Å². The van der Waals surface area contributed by atoms with Crippen LogP contribution in [0, 0.1) is 0 Å². The zero-order valence-corrected chi connectivity index (χ0v) is 12.6. The first kappa shape index (κ1) is 16.3. The van der Waals surface area contributed by atoms with Crippen LogP contribution in [0.2, 0.25) is 5.02 Å². The second-order valence-electron chi connectivity index (χ2n) is 4.47. The summed E-state index contributed by atoms with van der Waals surface area (Å²) in [7, 11) is 0. The molecule has 20 heavy (non-hydrogen) atoms. The molecule has 0 aliphatic heterocycles. The number of rotatable bonds is 5. The maximum absolute atomic E-state index is 12.2. The summed E-state index contributed by atoms with van der Waals surface area (Å²) in [6, 6.07) is 6.34. The first-order valence-electron chi connectivity index (χ1n) is 6.42. The van der Waals surface area contributed by atoms with Crippen molar-refractivity contribution in [1.29, 1.82) is 0 Å². The highest BCUT2D eigenvalue weighted by Crippen LogP contribution is 2.15. The molecule has 2 amide bonds. The molecule has 0 fully saturated rings. The number of anilines is 1. The smallest absolute Gasteiger partial charge is 0.325 e. The van der Waals surface area contributed by atoms with Crippen molar-refractivity contribution >= 4 is 29.3 Å². The monoisotopic (exact) mass is 298 g/mol. The normalized spacial score (nSPS) is 10.2. The molecular formula is C14H19ClN2O3. The number of nitrogens with zero attached hydrogens (tertiary/aromatic N) is 1. The summed E-state index contributed by atoms with van der Waals surface area (Å²) in [6.45, 7) is 5.59. The highest BCUT2D eigenvalue weighted by atomic mass is 35.5. The summed E-state index contributed by atoms with van der Waals surface area (Å²) in [5, 5.41) is 3.24. The molecule has 0 unspecified atom stereocenters. The van der Waals surface area contributed by atoms with Crippen molar-refractivity contribution in [3.8, 4) is 0 Å². The SMILES string of the molecule is CCOC(=O)CN(C(=O)Nc1cccc(Cl)c1)C(C)C. The van der Waals surface area contributed by atoms with Gasteiger partial charge in [0, 0.05) is 16.8 Å². The number of hydrogen-bond acceptors (Lipinski definition) is 3. The summed E-state index contributed by atoms with van der Waals surface area (Å²) in [5.41, 5.74) is 0.581. The number of hydrogen-bond donors (Lipinski definition) is 1. The van der Waals surface area contributed by atoms with Crippen LogP contribution in [0.1, 0.15) is 20.8 Å². The molecular weight excluding hydrogens is 280 g/mol. The zero-order chi connectivity index (χ0) is 15.1.